The maximum Gasteiger partial charge on any atom is 0.168 e. The van der Waals surface area contributed by atoms with Gasteiger partial charge in [-0.2, -0.15) is 0 Å². The number of allylic oxidation sites excluding steroid dienone is 3. The van der Waals surface area contributed by atoms with E-state index in [1.807, 2.05) is 6.08 Å². The monoisotopic (exact) mass is 289 g/mol. The maximum absolute atomic E-state index is 11.6. The van der Waals surface area contributed by atoms with E-state index in [2.05, 4.69) is 48.1 Å². The fraction of sp³-hybridized carbons (Fsp3) is 0.684. The Morgan fingerprint density at radius 2 is 1.86 bits per heavy atom. The van der Waals surface area contributed by atoms with E-state index in [9.17, 15) is 4.79 Å². The third-order valence-corrected chi connectivity index (χ3v) is 5.09. The van der Waals surface area contributed by atoms with Gasteiger partial charge in [-0.25, -0.2) is 0 Å². The van der Waals surface area contributed by atoms with E-state index in [1.54, 1.807) is 0 Å². The van der Waals surface area contributed by atoms with Gasteiger partial charge in [-0.05, 0) is 49.0 Å². The van der Waals surface area contributed by atoms with Crippen molar-refractivity contribution in [2.24, 2.45) is 22.2 Å². The molecule has 1 aliphatic carbocycles. The highest BCUT2D eigenvalue weighted by atomic mass is 16.1. The second-order valence-electron chi connectivity index (χ2n) is 7.15. The molecule has 0 aromatic carbocycles. The summed E-state index contributed by atoms with van der Waals surface area (Å²) >= 11 is 0. The molecule has 2 nitrogen and oxygen atoms in total. The van der Waals surface area contributed by atoms with Crippen molar-refractivity contribution in [1.82, 2.24) is 0 Å². The van der Waals surface area contributed by atoms with Crippen LogP contribution in [0.2, 0.25) is 0 Å². The lowest BCUT2D eigenvalue weighted by Gasteiger charge is -2.21. The highest BCUT2D eigenvalue weighted by Gasteiger charge is 2.43. The second kappa shape index (κ2) is 7.20. The number of aldehydes is 1. The SMILES string of the molecule is C=CC(C)(C)CCC(/C(C=O)=N\C1C(C)C1C)=C(/C)CC. The van der Waals surface area contributed by atoms with Crippen molar-refractivity contribution in [3.63, 3.8) is 0 Å². The summed E-state index contributed by atoms with van der Waals surface area (Å²) in [4.78, 5) is 16.3. The molecule has 0 heterocycles. The predicted octanol–water partition coefficient (Wildman–Crippen LogP) is 5.00. The first kappa shape index (κ1) is 17.9. The zero-order chi connectivity index (χ0) is 16.2. The summed E-state index contributed by atoms with van der Waals surface area (Å²) in [6, 6.07) is 0.331. The van der Waals surface area contributed by atoms with E-state index < -0.39 is 0 Å². The molecule has 0 amide bonds. The summed E-state index contributed by atoms with van der Waals surface area (Å²) < 4.78 is 0. The summed E-state index contributed by atoms with van der Waals surface area (Å²) in [5.74, 6) is 1.21. The third-order valence-electron chi connectivity index (χ3n) is 5.09. The zero-order valence-corrected chi connectivity index (χ0v) is 14.6. The highest BCUT2D eigenvalue weighted by molar-refractivity contribution is 6.36. The molecule has 2 heteroatoms. The van der Waals surface area contributed by atoms with Crippen LogP contribution < -0.4 is 0 Å². The molecule has 1 fully saturated rings. The van der Waals surface area contributed by atoms with Gasteiger partial charge in [0.25, 0.3) is 0 Å². The van der Waals surface area contributed by atoms with Crippen molar-refractivity contribution < 1.29 is 4.79 Å². The van der Waals surface area contributed by atoms with Crippen LogP contribution in [-0.4, -0.2) is 18.0 Å². The van der Waals surface area contributed by atoms with E-state index in [0.717, 1.165) is 31.1 Å². The first-order chi connectivity index (χ1) is 9.77. The third kappa shape index (κ3) is 4.66. The van der Waals surface area contributed by atoms with Gasteiger partial charge >= 0.3 is 0 Å². The Morgan fingerprint density at radius 1 is 1.29 bits per heavy atom. The fourth-order valence-electron chi connectivity index (χ4n) is 2.53. The van der Waals surface area contributed by atoms with Crippen LogP contribution in [0, 0.1) is 17.3 Å². The lowest BCUT2D eigenvalue weighted by atomic mass is 9.84. The van der Waals surface area contributed by atoms with E-state index in [1.165, 1.54) is 5.57 Å². The fourth-order valence-corrected chi connectivity index (χ4v) is 2.53. The van der Waals surface area contributed by atoms with Gasteiger partial charge in [0.2, 0.25) is 0 Å². The number of carbonyl (C=O) groups excluding carboxylic acids is 1. The van der Waals surface area contributed by atoms with Crippen molar-refractivity contribution in [3.05, 3.63) is 23.8 Å². The van der Waals surface area contributed by atoms with E-state index in [0.29, 0.717) is 23.6 Å². The van der Waals surface area contributed by atoms with Crippen molar-refractivity contribution in [3.8, 4) is 0 Å². The smallest absolute Gasteiger partial charge is 0.168 e. The summed E-state index contributed by atoms with van der Waals surface area (Å²) in [6.45, 7) is 16.9. The molecular weight excluding hydrogens is 258 g/mol. The predicted molar refractivity (Wildman–Crippen MR) is 91.8 cm³/mol. The lowest BCUT2D eigenvalue weighted by Crippen LogP contribution is -2.13. The second-order valence-corrected chi connectivity index (χ2v) is 7.15. The van der Waals surface area contributed by atoms with E-state index in [-0.39, 0.29) is 5.41 Å². The van der Waals surface area contributed by atoms with Gasteiger partial charge in [0, 0.05) is 0 Å². The number of rotatable bonds is 8. The van der Waals surface area contributed by atoms with E-state index in [4.69, 9.17) is 4.99 Å². The average molecular weight is 289 g/mol. The van der Waals surface area contributed by atoms with Crippen LogP contribution in [-0.2, 0) is 4.79 Å². The minimum absolute atomic E-state index is 0.0907. The highest BCUT2D eigenvalue weighted by Crippen LogP contribution is 2.41. The number of hydrogen-bond acceptors (Lipinski definition) is 2. The summed E-state index contributed by atoms with van der Waals surface area (Å²) in [5, 5.41) is 0. The van der Waals surface area contributed by atoms with Crippen LogP contribution >= 0.6 is 0 Å². The van der Waals surface area contributed by atoms with Gasteiger partial charge in [-0.3, -0.25) is 9.79 Å². The van der Waals surface area contributed by atoms with Crippen molar-refractivity contribution >= 4 is 12.0 Å². The Kier molecular flexibility index (Phi) is 6.12. The quantitative estimate of drug-likeness (QED) is 0.351. The average Bonchev–Trinajstić information content (AvgIpc) is 3.03. The van der Waals surface area contributed by atoms with Crippen LogP contribution in [0.1, 0.15) is 60.8 Å². The van der Waals surface area contributed by atoms with Gasteiger partial charge < -0.3 is 0 Å². The first-order valence-electron chi connectivity index (χ1n) is 8.13. The minimum Gasteiger partial charge on any atom is -0.296 e. The first-order valence-corrected chi connectivity index (χ1v) is 8.13. The van der Waals surface area contributed by atoms with Crippen LogP contribution in [0.4, 0.5) is 0 Å². The van der Waals surface area contributed by atoms with Crippen LogP contribution in [0.3, 0.4) is 0 Å². The molecule has 1 rings (SSSR count). The number of nitrogens with zero attached hydrogens (tertiary/aromatic N) is 1. The van der Waals surface area contributed by atoms with Crippen LogP contribution in [0.25, 0.3) is 0 Å². The largest absolute Gasteiger partial charge is 0.296 e. The minimum atomic E-state index is 0.0907. The lowest BCUT2D eigenvalue weighted by molar-refractivity contribution is -0.102. The molecular formula is C19H31NO. The number of hydrogen-bond donors (Lipinski definition) is 0. The summed E-state index contributed by atoms with van der Waals surface area (Å²) in [6.07, 6.45) is 5.80. The van der Waals surface area contributed by atoms with Crippen LogP contribution in [0.15, 0.2) is 28.8 Å². The molecule has 118 valence electrons. The summed E-state index contributed by atoms with van der Waals surface area (Å²) in [7, 11) is 0. The van der Waals surface area contributed by atoms with Gasteiger partial charge in [0.15, 0.2) is 6.29 Å². The van der Waals surface area contributed by atoms with E-state index >= 15 is 0 Å². The van der Waals surface area contributed by atoms with Crippen molar-refractivity contribution in [2.75, 3.05) is 0 Å². The van der Waals surface area contributed by atoms with Crippen LogP contribution in [0.5, 0.6) is 0 Å². The molecule has 2 atom stereocenters. The molecule has 1 aliphatic rings. The molecule has 0 radical (unpaired) electrons. The standard InChI is InChI=1S/C19H31NO/c1-8-13(3)16(10-11-19(6,7)9-2)17(12-21)20-18-14(4)15(18)5/h9,12,14-15,18H,2,8,10-11H2,1,3-7H3/b16-13+,20-17-. The van der Waals surface area contributed by atoms with Gasteiger partial charge in [0.1, 0.15) is 5.71 Å². The topological polar surface area (TPSA) is 29.4 Å². The molecule has 0 aromatic rings. The Hall–Kier alpha value is -1.18. The Labute approximate surface area is 130 Å². The molecule has 0 aliphatic heterocycles. The maximum atomic E-state index is 11.6. The molecule has 1 saturated carbocycles. The molecule has 0 N–H and O–H groups in total. The molecule has 0 bridgehead atoms. The number of carbonyl (C=O) groups is 1. The van der Waals surface area contributed by atoms with Crippen molar-refractivity contribution in [1.29, 1.82) is 0 Å². The van der Waals surface area contributed by atoms with Gasteiger partial charge in [-0.15, -0.1) is 6.58 Å². The van der Waals surface area contributed by atoms with Crippen molar-refractivity contribution in [2.45, 2.75) is 66.8 Å². The normalized spacial score (nSPS) is 27.1. The van der Waals surface area contributed by atoms with Gasteiger partial charge in [-0.1, -0.05) is 46.3 Å². The molecule has 0 spiro atoms. The molecule has 0 saturated heterocycles. The molecule has 2 unspecified atom stereocenters. The Balaban J connectivity index is 2.97. The number of aliphatic imine (C=N–C) groups is 1. The Morgan fingerprint density at radius 3 is 2.24 bits per heavy atom. The molecule has 0 aromatic heterocycles. The van der Waals surface area contributed by atoms with Gasteiger partial charge in [0.05, 0.1) is 6.04 Å². The molecule has 21 heavy (non-hydrogen) atoms. The zero-order valence-electron chi connectivity index (χ0n) is 14.6. The summed E-state index contributed by atoms with van der Waals surface area (Å²) in [5.41, 5.74) is 3.19. The Bertz CT molecular complexity index is 448.